The van der Waals surface area contributed by atoms with Gasteiger partial charge in [0.25, 0.3) is 0 Å². The number of carbonyl (C=O) groups is 1. The minimum absolute atomic E-state index is 0.176. The van der Waals surface area contributed by atoms with Gasteiger partial charge in [-0.15, -0.1) is 11.8 Å². The van der Waals surface area contributed by atoms with E-state index in [1.807, 2.05) is 0 Å². The third-order valence-corrected chi connectivity index (χ3v) is 3.08. The molecular weight excluding hydrogens is 260 g/mol. The summed E-state index contributed by atoms with van der Waals surface area (Å²) in [5.74, 6) is -2.09. The van der Waals surface area contributed by atoms with Crippen LogP contribution in [-0.4, -0.2) is 22.5 Å². The summed E-state index contributed by atoms with van der Waals surface area (Å²) in [4.78, 5) is 10.5. The Morgan fingerprint density at radius 1 is 1.29 bits per heavy atom. The quantitative estimate of drug-likeness (QED) is 0.672. The predicted molar refractivity (Wildman–Crippen MR) is 54.4 cm³/mol. The summed E-state index contributed by atoms with van der Waals surface area (Å²) in [6.07, 6.45) is -5.64. The molecule has 1 unspecified atom stereocenters. The van der Waals surface area contributed by atoms with E-state index in [-0.39, 0.29) is 4.90 Å². The summed E-state index contributed by atoms with van der Waals surface area (Å²) in [6, 6.07) is 4.41. The molecule has 1 rings (SSSR count). The molecule has 0 spiro atoms. The van der Waals surface area contributed by atoms with E-state index in [2.05, 4.69) is 0 Å². The molecule has 0 aromatic heterocycles. The molecular formula is C10H8F4O2S. The highest BCUT2D eigenvalue weighted by atomic mass is 32.2. The van der Waals surface area contributed by atoms with Gasteiger partial charge in [0, 0.05) is 4.90 Å². The molecule has 0 aliphatic carbocycles. The minimum Gasteiger partial charge on any atom is -0.481 e. The first-order valence-corrected chi connectivity index (χ1v) is 5.37. The van der Waals surface area contributed by atoms with Crippen LogP contribution in [0.15, 0.2) is 29.2 Å². The molecule has 0 bridgehead atoms. The Labute approximate surface area is 98.6 Å². The largest absolute Gasteiger partial charge is 0.481 e. The molecule has 94 valence electrons. The van der Waals surface area contributed by atoms with Gasteiger partial charge in [-0.25, -0.2) is 4.39 Å². The van der Waals surface area contributed by atoms with Crippen molar-refractivity contribution in [1.29, 1.82) is 0 Å². The van der Waals surface area contributed by atoms with E-state index in [4.69, 9.17) is 5.11 Å². The molecule has 0 aliphatic heterocycles. The molecule has 0 saturated heterocycles. The fourth-order valence-corrected chi connectivity index (χ4v) is 2.04. The number of benzene rings is 1. The molecule has 0 radical (unpaired) electrons. The zero-order valence-electron chi connectivity index (χ0n) is 8.37. The van der Waals surface area contributed by atoms with Crippen LogP contribution in [0.1, 0.15) is 6.42 Å². The van der Waals surface area contributed by atoms with Gasteiger partial charge in [0.05, 0.1) is 6.42 Å². The lowest BCUT2D eigenvalue weighted by Crippen LogP contribution is -2.28. The number of carboxylic acid groups (broad SMARTS) is 1. The van der Waals surface area contributed by atoms with Crippen molar-refractivity contribution in [3.05, 3.63) is 30.1 Å². The molecule has 0 fully saturated rings. The maximum absolute atomic E-state index is 12.5. The van der Waals surface area contributed by atoms with Crippen molar-refractivity contribution < 1.29 is 27.5 Å². The van der Waals surface area contributed by atoms with Crippen LogP contribution in [-0.2, 0) is 4.79 Å². The van der Waals surface area contributed by atoms with E-state index in [9.17, 15) is 22.4 Å². The van der Waals surface area contributed by atoms with Crippen molar-refractivity contribution in [3.63, 3.8) is 0 Å². The van der Waals surface area contributed by atoms with Crippen molar-refractivity contribution in [1.82, 2.24) is 0 Å². The number of hydrogen-bond donors (Lipinski definition) is 1. The second kappa shape index (κ2) is 5.39. The Bertz CT molecular complexity index is 388. The Morgan fingerprint density at radius 3 is 2.24 bits per heavy atom. The smallest absolute Gasteiger partial charge is 0.401 e. The minimum atomic E-state index is -4.61. The second-order valence-corrected chi connectivity index (χ2v) is 4.48. The van der Waals surface area contributed by atoms with Crippen molar-refractivity contribution >= 4 is 17.7 Å². The Morgan fingerprint density at radius 2 is 1.82 bits per heavy atom. The third kappa shape index (κ3) is 4.64. The standard InChI is InChI=1S/C10H8F4O2S/c11-6-1-3-7(4-2-6)17-8(5-9(15)16)10(12,13)14/h1-4,8H,5H2,(H,15,16). The topological polar surface area (TPSA) is 37.3 Å². The number of carboxylic acids is 1. The van der Waals surface area contributed by atoms with E-state index < -0.39 is 29.6 Å². The normalized spacial score (nSPS) is 13.4. The maximum atomic E-state index is 12.5. The molecule has 17 heavy (non-hydrogen) atoms. The summed E-state index contributed by atoms with van der Waals surface area (Å²) >= 11 is 0.360. The van der Waals surface area contributed by atoms with Crippen LogP contribution in [0.4, 0.5) is 17.6 Å². The number of hydrogen-bond acceptors (Lipinski definition) is 2. The van der Waals surface area contributed by atoms with Gasteiger partial charge in [-0.2, -0.15) is 13.2 Å². The lowest BCUT2D eigenvalue weighted by Gasteiger charge is -2.17. The van der Waals surface area contributed by atoms with E-state index in [0.29, 0.717) is 11.8 Å². The molecule has 0 aliphatic rings. The SMILES string of the molecule is O=C(O)CC(Sc1ccc(F)cc1)C(F)(F)F. The van der Waals surface area contributed by atoms with Crippen LogP contribution in [0.25, 0.3) is 0 Å². The molecule has 0 amide bonds. The van der Waals surface area contributed by atoms with E-state index >= 15 is 0 Å². The third-order valence-electron chi connectivity index (χ3n) is 1.82. The van der Waals surface area contributed by atoms with Crippen LogP contribution >= 0.6 is 11.8 Å². The fraction of sp³-hybridized carbons (Fsp3) is 0.300. The summed E-state index contributed by atoms with van der Waals surface area (Å²) in [5, 5.41) is 6.36. The monoisotopic (exact) mass is 268 g/mol. The number of thioether (sulfide) groups is 1. The van der Waals surface area contributed by atoms with Gasteiger partial charge in [0.15, 0.2) is 0 Å². The van der Waals surface area contributed by atoms with E-state index in [1.54, 1.807) is 0 Å². The van der Waals surface area contributed by atoms with Gasteiger partial charge in [-0.3, -0.25) is 4.79 Å². The molecule has 7 heteroatoms. The Balaban J connectivity index is 2.79. The number of aliphatic carboxylic acids is 1. The van der Waals surface area contributed by atoms with Crippen molar-refractivity contribution in [2.75, 3.05) is 0 Å². The molecule has 1 atom stereocenters. The Hall–Kier alpha value is -1.24. The summed E-state index contributed by atoms with van der Waals surface area (Å²) < 4.78 is 50.0. The zero-order valence-corrected chi connectivity index (χ0v) is 9.19. The molecule has 1 N–H and O–H groups in total. The van der Waals surface area contributed by atoms with Gasteiger partial charge in [0.2, 0.25) is 0 Å². The first-order valence-electron chi connectivity index (χ1n) is 4.50. The average molecular weight is 268 g/mol. The maximum Gasteiger partial charge on any atom is 0.401 e. The fourth-order valence-electron chi connectivity index (χ4n) is 1.06. The van der Waals surface area contributed by atoms with Gasteiger partial charge in [0.1, 0.15) is 11.1 Å². The molecule has 0 saturated carbocycles. The molecule has 1 aromatic carbocycles. The molecule has 1 aromatic rings. The number of rotatable bonds is 4. The van der Waals surface area contributed by atoms with Crippen molar-refractivity contribution in [2.24, 2.45) is 0 Å². The lowest BCUT2D eigenvalue weighted by molar-refractivity contribution is -0.149. The predicted octanol–water partition coefficient (Wildman–Crippen LogP) is 3.32. The number of alkyl halides is 3. The molecule has 0 heterocycles. The highest BCUT2D eigenvalue weighted by molar-refractivity contribution is 8.00. The van der Waals surface area contributed by atoms with Crippen LogP contribution in [0.5, 0.6) is 0 Å². The number of halogens is 4. The lowest BCUT2D eigenvalue weighted by atomic mass is 10.3. The average Bonchev–Trinajstić information content (AvgIpc) is 2.18. The second-order valence-electron chi connectivity index (χ2n) is 3.20. The summed E-state index contributed by atoms with van der Waals surface area (Å²) in [6.45, 7) is 0. The van der Waals surface area contributed by atoms with Gasteiger partial charge in [-0.1, -0.05) is 0 Å². The first-order chi connectivity index (χ1) is 7.79. The zero-order chi connectivity index (χ0) is 13.1. The van der Waals surface area contributed by atoms with Crippen LogP contribution in [0, 0.1) is 5.82 Å². The Kier molecular flexibility index (Phi) is 4.39. The van der Waals surface area contributed by atoms with Gasteiger partial charge in [-0.05, 0) is 24.3 Å². The van der Waals surface area contributed by atoms with Crippen LogP contribution in [0.2, 0.25) is 0 Å². The van der Waals surface area contributed by atoms with Crippen molar-refractivity contribution in [2.45, 2.75) is 22.7 Å². The first kappa shape index (κ1) is 13.8. The van der Waals surface area contributed by atoms with Crippen molar-refractivity contribution in [3.8, 4) is 0 Å². The van der Waals surface area contributed by atoms with Crippen LogP contribution < -0.4 is 0 Å². The molecule has 2 nitrogen and oxygen atoms in total. The van der Waals surface area contributed by atoms with Gasteiger partial charge < -0.3 is 5.11 Å². The summed E-state index contributed by atoms with van der Waals surface area (Å²) in [7, 11) is 0. The highest BCUT2D eigenvalue weighted by Gasteiger charge is 2.41. The highest BCUT2D eigenvalue weighted by Crippen LogP contribution is 2.37. The van der Waals surface area contributed by atoms with E-state index in [1.165, 1.54) is 12.1 Å². The van der Waals surface area contributed by atoms with Crippen LogP contribution in [0.3, 0.4) is 0 Å². The van der Waals surface area contributed by atoms with Gasteiger partial charge >= 0.3 is 12.1 Å². The summed E-state index contributed by atoms with van der Waals surface area (Å²) in [5.41, 5.74) is 0. The van der Waals surface area contributed by atoms with E-state index in [0.717, 1.165) is 12.1 Å².